The van der Waals surface area contributed by atoms with Crippen molar-refractivity contribution in [2.75, 3.05) is 18.5 Å². The van der Waals surface area contributed by atoms with E-state index in [0.717, 1.165) is 19.0 Å². The number of aromatic nitrogens is 1. The predicted molar refractivity (Wildman–Crippen MR) is 60.2 cm³/mol. The van der Waals surface area contributed by atoms with E-state index in [1.165, 1.54) is 12.1 Å². The first-order valence-corrected chi connectivity index (χ1v) is 5.51. The van der Waals surface area contributed by atoms with E-state index in [1.807, 2.05) is 0 Å². The summed E-state index contributed by atoms with van der Waals surface area (Å²) >= 11 is 0. The van der Waals surface area contributed by atoms with Gasteiger partial charge in [-0.3, -0.25) is 5.32 Å². The SMILES string of the molecule is O=C(Nc1ccc(F)cn1)NC1CCOCC1. The number of rotatable bonds is 2. The summed E-state index contributed by atoms with van der Waals surface area (Å²) in [6.07, 6.45) is 2.68. The highest BCUT2D eigenvalue weighted by atomic mass is 19.1. The highest BCUT2D eigenvalue weighted by molar-refractivity contribution is 5.88. The number of halogens is 1. The van der Waals surface area contributed by atoms with Gasteiger partial charge in [-0.2, -0.15) is 0 Å². The maximum atomic E-state index is 12.6. The van der Waals surface area contributed by atoms with E-state index in [9.17, 15) is 9.18 Å². The molecule has 0 spiro atoms. The summed E-state index contributed by atoms with van der Waals surface area (Å²) in [5, 5.41) is 5.37. The van der Waals surface area contributed by atoms with E-state index in [2.05, 4.69) is 15.6 Å². The van der Waals surface area contributed by atoms with Gasteiger partial charge in [0.25, 0.3) is 0 Å². The lowest BCUT2D eigenvalue weighted by atomic mass is 10.1. The molecule has 1 aromatic rings. The predicted octanol–water partition coefficient (Wildman–Crippen LogP) is 1.52. The largest absolute Gasteiger partial charge is 0.381 e. The van der Waals surface area contributed by atoms with E-state index >= 15 is 0 Å². The van der Waals surface area contributed by atoms with Crippen LogP contribution in [-0.4, -0.2) is 30.3 Å². The second kappa shape index (κ2) is 5.58. The van der Waals surface area contributed by atoms with E-state index in [-0.39, 0.29) is 12.1 Å². The van der Waals surface area contributed by atoms with Crippen molar-refractivity contribution in [1.29, 1.82) is 0 Å². The summed E-state index contributed by atoms with van der Waals surface area (Å²) in [6, 6.07) is 2.47. The molecule has 1 saturated heterocycles. The summed E-state index contributed by atoms with van der Waals surface area (Å²) in [7, 11) is 0. The molecule has 0 bridgehead atoms. The minimum absolute atomic E-state index is 0.129. The van der Waals surface area contributed by atoms with Crippen molar-refractivity contribution < 1.29 is 13.9 Å². The molecule has 0 aliphatic carbocycles. The molecule has 2 heterocycles. The smallest absolute Gasteiger partial charge is 0.320 e. The third-order valence-corrected chi connectivity index (χ3v) is 2.53. The van der Waals surface area contributed by atoms with Crippen molar-refractivity contribution in [3.63, 3.8) is 0 Å². The third kappa shape index (κ3) is 3.67. The van der Waals surface area contributed by atoms with Gasteiger partial charge in [0, 0.05) is 19.3 Å². The molecule has 1 aromatic heterocycles. The molecular weight excluding hydrogens is 225 g/mol. The highest BCUT2D eigenvalue weighted by Gasteiger charge is 2.15. The standard InChI is InChI=1S/C11H14FN3O2/c12-8-1-2-10(13-7-8)15-11(16)14-9-3-5-17-6-4-9/h1-2,7,9H,3-6H2,(H2,13,14,15,16). The molecule has 0 unspecified atom stereocenters. The molecule has 1 aliphatic rings. The van der Waals surface area contributed by atoms with Crippen LogP contribution in [0.3, 0.4) is 0 Å². The number of nitrogens with one attached hydrogen (secondary N) is 2. The molecule has 2 amide bonds. The number of carbonyl (C=O) groups is 1. The lowest BCUT2D eigenvalue weighted by Crippen LogP contribution is -2.41. The number of carbonyl (C=O) groups excluding carboxylic acids is 1. The van der Waals surface area contributed by atoms with Crippen LogP contribution in [0.25, 0.3) is 0 Å². The van der Waals surface area contributed by atoms with E-state index in [4.69, 9.17) is 4.74 Å². The molecule has 2 rings (SSSR count). The fourth-order valence-electron chi connectivity index (χ4n) is 1.63. The first-order valence-electron chi connectivity index (χ1n) is 5.51. The number of nitrogens with zero attached hydrogens (tertiary/aromatic N) is 1. The summed E-state index contributed by atoms with van der Waals surface area (Å²) in [6.45, 7) is 1.33. The van der Waals surface area contributed by atoms with Crippen LogP contribution in [0, 0.1) is 5.82 Å². The molecule has 6 heteroatoms. The van der Waals surface area contributed by atoms with Gasteiger partial charge in [-0.25, -0.2) is 14.2 Å². The number of pyridine rings is 1. The minimum Gasteiger partial charge on any atom is -0.381 e. The van der Waals surface area contributed by atoms with Gasteiger partial charge in [0.1, 0.15) is 11.6 Å². The van der Waals surface area contributed by atoms with Gasteiger partial charge in [0.2, 0.25) is 0 Å². The number of ether oxygens (including phenoxy) is 1. The highest BCUT2D eigenvalue weighted by Crippen LogP contribution is 2.07. The Morgan fingerprint density at radius 1 is 1.41 bits per heavy atom. The Labute approximate surface area is 98.4 Å². The number of hydrogen-bond donors (Lipinski definition) is 2. The fourth-order valence-corrected chi connectivity index (χ4v) is 1.63. The van der Waals surface area contributed by atoms with Crippen LogP contribution in [0.1, 0.15) is 12.8 Å². The quantitative estimate of drug-likeness (QED) is 0.822. The molecule has 0 radical (unpaired) electrons. The van der Waals surface area contributed by atoms with Gasteiger partial charge in [-0.15, -0.1) is 0 Å². The van der Waals surface area contributed by atoms with Gasteiger partial charge in [0.15, 0.2) is 0 Å². The Hall–Kier alpha value is -1.69. The summed E-state index contributed by atoms with van der Waals surface area (Å²) in [4.78, 5) is 15.3. The Morgan fingerprint density at radius 2 is 2.18 bits per heavy atom. The summed E-state index contributed by atoms with van der Waals surface area (Å²) in [5.41, 5.74) is 0. The molecule has 0 atom stereocenters. The van der Waals surface area contributed by atoms with Crippen LogP contribution in [0.4, 0.5) is 15.0 Å². The fraction of sp³-hybridized carbons (Fsp3) is 0.455. The molecule has 0 saturated carbocycles. The van der Waals surface area contributed by atoms with Crippen LogP contribution in [-0.2, 0) is 4.74 Å². The average Bonchev–Trinajstić information content (AvgIpc) is 2.33. The molecule has 5 nitrogen and oxygen atoms in total. The van der Waals surface area contributed by atoms with Crippen molar-refractivity contribution in [2.45, 2.75) is 18.9 Å². The molecule has 92 valence electrons. The van der Waals surface area contributed by atoms with Crippen LogP contribution in [0.2, 0.25) is 0 Å². The van der Waals surface area contributed by atoms with Gasteiger partial charge in [-0.1, -0.05) is 0 Å². The Kier molecular flexibility index (Phi) is 3.87. The Balaban J connectivity index is 1.82. The van der Waals surface area contributed by atoms with E-state index in [0.29, 0.717) is 19.0 Å². The van der Waals surface area contributed by atoms with Crippen molar-refractivity contribution in [2.24, 2.45) is 0 Å². The number of anilines is 1. The van der Waals surface area contributed by atoms with Crippen LogP contribution < -0.4 is 10.6 Å². The zero-order chi connectivity index (χ0) is 12.1. The van der Waals surface area contributed by atoms with Crippen molar-refractivity contribution in [3.8, 4) is 0 Å². The first kappa shape index (κ1) is 11.8. The Morgan fingerprint density at radius 3 is 2.82 bits per heavy atom. The molecule has 1 aliphatic heterocycles. The normalized spacial score (nSPS) is 16.5. The monoisotopic (exact) mass is 239 g/mol. The maximum Gasteiger partial charge on any atom is 0.320 e. The van der Waals surface area contributed by atoms with Crippen molar-refractivity contribution in [1.82, 2.24) is 10.3 Å². The van der Waals surface area contributed by atoms with Gasteiger partial charge < -0.3 is 10.1 Å². The lowest BCUT2D eigenvalue weighted by Gasteiger charge is -2.23. The second-order valence-corrected chi connectivity index (χ2v) is 3.85. The second-order valence-electron chi connectivity index (χ2n) is 3.85. The van der Waals surface area contributed by atoms with Crippen LogP contribution >= 0.6 is 0 Å². The van der Waals surface area contributed by atoms with Crippen molar-refractivity contribution >= 4 is 11.8 Å². The number of amides is 2. The maximum absolute atomic E-state index is 12.6. The van der Waals surface area contributed by atoms with Crippen molar-refractivity contribution in [3.05, 3.63) is 24.1 Å². The summed E-state index contributed by atoms with van der Waals surface area (Å²) in [5.74, 6) is -0.101. The molecule has 2 N–H and O–H groups in total. The first-order chi connectivity index (χ1) is 8.24. The lowest BCUT2D eigenvalue weighted by molar-refractivity contribution is 0.0806. The zero-order valence-electron chi connectivity index (χ0n) is 9.28. The molecule has 1 fully saturated rings. The van der Waals surface area contributed by atoms with E-state index < -0.39 is 5.82 Å². The zero-order valence-corrected chi connectivity index (χ0v) is 9.28. The number of hydrogen-bond acceptors (Lipinski definition) is 3. The third-order valence-electron chi connectivity index (χ3n) is 2.53. The van der Waals surface area contributed by atoms with Gasteiger partial charge in [-0.05, 0) is 25.0 Å². The van der Waals surface area contributed by atoms with Gasteiger partial charge in [0.05, 0.1) is 6.20 Å². The van der Waals surface area contributed by atoms with E-state index in [1.54, 1.807) is 0 Å². The minimum atomic E-state index is -0.430. The molecular formula is C11H14FN3O2. The molecule has 17 heavy (non-hydrogen) atoms. The Bertz CT molecular complexity index is 377. The number of urea groups is 1. The summed E-state index contributed by atoms with van der Waals surface area (Å²) < 4.78 is 17.8. The topological polar surface area (TPSA) is 63.2 Å². The average molecular weight is 239 g/mol. The van der Waals surface area contributed by atoms with Crippen LogP contribution in [0.5, 0.6) is 0 Å². The van der Waals surface area contributed by atoms with Crippen LogP contribution in [0.15, 0.2) is 18.3 Å². The van der Waals surface area contributed by atoms with Gasteiger partial charge >= 0.3 is 6.03 Å². The molecule has 0 aromatic carbocycles.